The monoisotopic (exact) mass is 1480 g/mol. The van der Waals surface area contributed by atoms with Crippen LogP contribution in [0.15, 0.2) is 0 Å². The van der Waals surface area contributed by atoms with Crippen LogP contribution in [0.3, 0.4) is 0 Å². The number of hydrogen-bond donors (Lipinski definition) is 5. The van der Waals surface area contributed by atoms with Gasteiger partial charge in [0.15, 0.2) is 0 Å². The molecule has 37 heteroatoms. The van der Waals surface area contributed by atoms with E-state index in [0.717, 1.165) is 0 Å². The first-order valence-electron chi connectivity index (χ1n) is 32.8. The first-order chi connectivity index (χ1) is 45.9. The molecule has 12 atom stereocenters. The molecule has 4 fully saturated rings. The Hall–Kier alpha value is -8.94. The quantitative estimate of drug-likeness (QED) is 0.0239. The van der Waals surface area contributed by atoms with Gasteiger partial charge >= 0.3 is 59.7 Å². The van der Waals surface area contributed by atoms with Crippen molar-refractivity contribution < 1.29 is 151 Å². The first kappa shape index (κ1) is 100. The number of nitrogens with zero attached hydrogens (tertiary/aromatic N) is 3. The van der Waals surface area contributed by atoms with Crippen molar-refractivity contribution in [2.24, 2.45) is 51.8 Å². The molecule has 103 heavy (non-hydrogen) atoms. The van der Waals surface area contributed by atoms with Gasteiger partial charge in [-0.15, -0.1) is 0 Å². The van der Waals surface area contributed by atoms with Gasteiger partial charge in [-0.1, -0.05) is 41.5 Å². The predicted molar refractivity (Wildman–Crippen MR) is 353 cm³/mol. The summed E-state index contributed by atoms with van der Waals surface area (Å²) in [6.45, 7) is 16.7. The van der Waals surface area contributed by atoms with Crippen molar-refractivity contribution >= 4 is 107 Å². The molecule has 4 rings (SSSR count). The Morgan fingerprint density at radius 1 is 0.476 bits per heavy atom. The van der Waals surface area contributed by atoms with Gasteiger partial charge in [0.2, 0.25) is 17.7 Å². The summed E-state index contributed by atoms with van der Waals surface area (Å²) in [5.74, 6) is -23.6. The number of hydrogen-bond acceptors (Lipinski definition) is 28. The van der Waals surface area contributed by atoms with Crippen LogP contribution >= 0.6 is 0 Å². The lowest BCUT2D eigenvalue weighted by atomic mass is 9.66. The molecular weight excluding hydrogens is 1370 g/mol. The Morgan fingerprint density at radius 2 is 0.816 bits per heavy atom. The Labute approximate surface area is 597 Å². The molecule has 0 radical (unpaired) electrons. The molecule has 17 N–H and O–H groups in total. The maximum absolute atomic E-state index is 13.0. The summed E-state index contributed by atoms with van der Waals surface area (Å²) in [4.78, 5) is 221. The van der Waals surface area contributed by atoms with Crippen molar-refractivity contribution in [1.82, 2.24) is 33.2 Å². The molecule has 0 saturated carbocycles. The van der Waals surface area contributed by atoms with E-state index in [2.05, 4.69) is 0 Å². The number of likely N-dealkylation sites (tertiary alicyclic amines) is 3. The van der Waals surface area contributed by atoms with Gasteiger partial charge in [-0.2, -0.15) is 0 Å². The Bertz CT molecular complexity index is 2850. The van der Waals surface area contributed by atoms with Gasteiger partial charge in [0.05, 0.1) is 39.9 Å². The van der Waals surface area contributed by atoms with E-state index in [4.69, 9.17) is 33.2 Å². The Kier molecular flexibility index (Phi) is 45.5. The van der Waals surface area contributed by atoms with Gasteiger partial charge in [0.25, 0.3) is 0 Å². The maximum Gasteiger partial charge on any atom is 0.319 e. The molecule has 12 unspecified atom stereocenters. The van der Waals surface area contributed by atoms with Crippen LogP contribution in [-0.4, -0.2) is 220 Å². The second-order valence-corrected chi connectivity index (χ2v) is 25.1. The number of amides is 3. The summed E-state index contributed by atoms with van der Waals surface area (Å²) in [6, 6.07) is -2.45. The Balaban J connectivity index is -0.000000697. The molecule has 4 heterocycles. The zero-order valence-corrected chi connectivity index (χ0v) is 61.6. The standard InChI is InChI=1S/2C22H33NO10.C22H31NO9.3H3N.2H2O/c2*1-5-14(23-9-7-8-15(23)25)17(19(27)28)18(20(29)30)22(4,6-2)21(31)33-11-10-32-16(26)12-13(3)24;1-5-14(23-9-7-8-15(23)25)17-18(20(28)32-19(17)27)22(4,6-2)21(29)31-11-10-30-16(26)12-13(3)24;;;;;/h2*14,17-18H,5-12H2,1-4H3,(H,27,28)(H,29,30);14,17-18H,5-12H2,1-4H3;3*1H3;2*1H2. The zero-order valence-electron chi connectivity index (χ0n) is 61.6. The number of carbonyl (C=O) groups is 18. The first-order valence-corrected chi connectivity index (χ1v) is 32.8. The third-order valence-electron chi connectivity index (χ3n) is 18.5. The number of esters is 8. The third kappa shape index (κ3) is 27.0. The summed E-state index contributed by atoms with van der Waals surface area (Å²) in [5, 5.41) is 44.3. The minimum Gasteiger partial charge on any atom is -0.550 e. The lowest BCUT2D eigenvalue weighted by Gasteiger charge is -2.45. The third-order valence-corrected chi connectivity index (χ3v) is 18.5. The molecule has 37 nitrogen and oxygen atoms in total. The molecule has 0 aromatic heterocycles. The smallest absolute Gasteiger partial charge is 0.319 e. The average Bonchev–Trinajstić information content (AvgIpc) is 1.74. The lowest BCUT2D eigenvalue weighted by molar-refractivity contribution is -0.332. The molecule has 4 aliphatic heterocycles. The molecule has 0 spiro atoms. The number of carboxylic acids is 4. The number of quaternary nitrogens is 2. The van der Waals surface area contributed by atoms with E-state index in [1.165, 1.54) is 58.3 Å². The van der Waals surface area contributed by atoms with E-state index < -0.39 is 167 Å². The highest BCUT2D eigenvalue weighted by Crippen LogP contribution is 2.47. The average molecular weight is 1480 g/mol. The van der Waals surface area contributed by atoms with Crippen LogP contribution in [0, 0.1) is 51.8 Å². The van der Waals surface area contributed by atoms with E-state index in [1.54, 1.807) is 32.6 Å². The number of ketones is 3. The number of carbonyl (C=O) groups excluding carboxylic acids is 16. The van der Waals surface area contributed by atoms with Crippen molar-refractivity contribution in [2.45, 2.75) is 198 Å². The molecule has 0 aliphatic carbocycles. The highest BCUT2D eigenvalue weighted by molar-refractivity contribution is 6.01. The van der Waals surface area contributed by atoms with Crippen molar-refractivity contribution in [3.8, 4) is 0 Å². The minimum atomic E-state index is -1.85. The van der Waals surface area contributed by atoms with E-state index >= 15 is 0 Å². The van der Waals surface area contributed by atoms with Crippen molar-refractivity contribution in [3.63, 3.8) is 0 Å². The molecule has 4 saturated heterocycles. The van der Waals surface area contributed by atoms with Gasteiger partial charge in [-0.05, 0) is 99.3 Å². The number of carboxylic acid groups (broad SMARTS) is 4. The van der Waals surface area contributed by atoms with Crippen LogP contribution in [0.25, 0.3) is 0 Å². The van der Waals surface area contributed by atoms with Crippen molar-refractivity contribution in [3.05, 3.63) is 0 Å². The van der Waals surface area contributed by atoms with Crippen LogP contribution in [-0.2, 0) is 119 Å². The highest BCUT2D eigenvalue weighted by Gasteiger charge is 2.61. The Morgan fingerprint density at radius 3 is 1.10 bits per heavy atom. The van der Waals surface area contributed by atoms with Gasteiger partial charge in [-0.25, -0.2) is 0 Å². The second kappa shape index (κ2) is 46.6. The highest BCUT2D eigenvalue weighted by atomic mass is 16.6. The van der Waals surface area contributed by atoms with Crippen LogP contribution in [0.2, 0.25) is 0 Å². The molecule has 0 aromatic rings. The second-order valence-electron chi connectivity index (χ2n) is 25.1. The molecule has 0 bridgehead atoms. The van der Waals surface area contributed by atoms with Gasteiger partial charge in [-0.3, -0.25) is 76.7 Å². The van der Waals surface area contributed by atoms with Crippen molar-refractivity contribution in [2.75, 3.05) is 59.3 Å². The van der Waals surface area contributed by atoms with Crippen LogP contribution in [0.1, 0.15) is 179 Å². The summed E-state index contributed by atoms with van der Waals surface area (Å²) in [6.07, 6.45) is 2.17. The van der Waals surface area contributed by atoms with E-state index in [9.17, 15) is 107 Å². The summed E-state index contributed by atoms with van der Waals surface area (Å²) < 4.78 is 34.8. The maximum atomic E-state index is 13.0. The lowest BCUT2D eigenvalue weighted by Crippen LogP contribution is -2.60. The number of cyclic esters (lactones) is 2. The van der Waals surface area contributed by atoms with Crippen LogP contribution in [0.4, 0.5) is 0 Å². The number of Topliss-reactive ketones (excluding diaryl/α,β-unsaturated/α-hetero) is 3. The number of aliphatic carboxylic acids is 4. The fourth-order valence-electron chi connectivity index (χ4n) is 12.9. The number of ether oxygens (including phenoxy) is 7. The van der Waals surface area contributed by atoms with E-state index in [0.29, 0.717) is 45.2 Å². The van der Waals surface area contributed by atoms with Crippen molar-refractivity contribution in [1.29, 1.82) is 0 Å². The molecular formula is C66H110N6O31. The fourth-order valence-corrected chi connectivity index (χ4v) is 12.9. The topological polar surface area (TPSA) is 639 Å². The van der Waals surface area contributed by atoms with E-state index in [1.807, 2.05) is 6.92 Å². The zero-order chi connectivity index (χ0) is 74.7. The predicted octanol–water partition coefficient (Wildman–Crippen LogP) is 0.322. The van der Waals surface area contributed by atoms with Crippen LogP contribution < -0.4 is 28.7 Å². The van der Waals surface area contributed by atoms with E-state index in [-0.39, 0.29) is 150 Å². The van der Waals surface area contributed by atoms with Gasteiger partial charge in [0.1, 0.15) is 76.3 Å². The largest absolute Gasteiger partial charge is 0.550 e. The minimum absolute atomic E-state index is 0. The SMILES string of the molecule is CCC(C(C(=O)O)C(C(=O)O)C(C)(CC)C(=O)OCCOC(=O)CC(C)=O)N1CCCC1=O.CCC(C(C(=O)[O-])C(C(=O)[O-])C(C)(CC)C(=O)OCCOC(=O)CC(C)=O)N1CCCC1=O.CCC(C1C(=O)OC(=O)C1C(C)(CC)C(=O)OCCOC(=O)CC(C)=O)N1CCCC1=O.N.O.O.[NH4+].[NH4+]. The fraction of sp³-hybridized carbons (Fsp3) is 0.727. The molecule has 4 aliphatic rings. The summed E-state index contributed by atoms with van der Waals surface area (Å²) in [5.41, 5.74) is -4.94. The van der Waals surface area contributed by atoms with Gasteiger partial charge < -0.3 is 107 Å². The van der Waals surface area contributed by atoms with Gasteiger partial charge in [0, 0.05) is 80.8 Å². The summed E-state index contributed by atoms with van der Waals surface area (Å²) in [7, 11) is 0. The normalized spacial score (nSPS) is 18.9. The summed E-state index contributed by atoms with van der Waals surface area (Å²) >= 11 is 0. The number of rotatable bonds is 39. The molecule has 3 amide bonds. The molecule has 0 aromatic carbocycles. The van der Waals surface area contributed by atoms with Crippen LogP contribution in [0.5, 0.6) is 0 Å². The molecule has 590 valence electrons.